The molecule has 1 N–H and O–H groups in total. The van der Waals surface area contributed by atoms with Gasteiger partial charge in [0.25, 0.3) is 5.91 Å². The van der Waals surface area contributed by atoms with E-state index >= 15 is 0 Å². The van der Waals surface area contributed by atoms with Gasteiger partial charge < -0.3 is 14.6 Å². The van der Waals surface area contributed by atoms with Crippen LogP contribution < -0.4 is 10.1 Å². The average Bonchev–Trinajstić information content (AvgIpc) is 3.26. The second-order valence-corrected chi connectivity index (χ2v) is 9.06. The van der Waals surface area contributed by atoms with E-state index in [9.17, 15) is 18.8 Å². The molecular formula is C27H26FN3O4. The normalized spacial score (nSPS) is 19.0. The van der Waals surface area contributed by atoms with Crippen LogP contribution in [0.15, 0.2) is 54.6 Å². The first kappa shape index (κ1) is 22.8. The molecule has 180 valence electrons. The summed E-state index contributed by atoms with van der Waals surface area (Å²) >= 11 is 0. The number of rotatable bonds is 6. The number of ether oxygens (including phenoxy) is 1. The molecule has 0 saturated carbocycles. The van der Waals surface area contributed by atoms with E-state index in [0.717, 1.165) is 21.9 Å². The lowest BCUT2D eigenvalue weighted by Gasteiger charge is -2.33. The Morgan fingerprint density at radius 1 is 1.11 bits per heavy atom. The Hall–Kier alpha value is -3.94. The van der Waals surface area contributed by atoms with E-state index in [4.69, 9.17) is 4.74 Å². The van der Waals surface area contributed by atoms with Gasteiger partial charge in [-0.3, -0.25) is 14.5 Å². The van der Waals surface area contributed by atoms with Gasteiger partial charge in [0, 0.05) is 35.5 Å². The predicted molar refractivity (Wildman–Crippen MR) is 127 cm³/mol. The fourth-order valence-electron chi connectivity index (χ4n) is 5.06. The number of carbonyl (C=O) groups is 3. The maximum atomic E-state index is 13.5. The van der Waals surface area contributed by atoms with E-state index in [2.05, 4.69) is 5.32 Å². The number of carbonyl (C=O) groups excluding carboxylic acids is 3. The number of fused-ring (bicyclic) bond motifs is 2. The monoisotopic (exact) mass is 475 g/mol. The molecule has 1 saturated heterocycles. The van der Waals surface area contributed by atoms with Crippen LogP contribution in [0.2, 0.25) is 0 Å². The largest absolute Gasteiger partial charge is 0.493 e. The first-order valence-electron chi connectivity index (χ1n) is 11.6. The van der Waals surface area contributed by atoms with Gasteiger partial charge in [0.2, 0.25) is 0 Å². The van der Waals surface area contributed by atoms with Crippen LogP contribution in [0.25, 0.3) is 0 Å². The molecule has 0 aliphatic carbocycles. The van der Waals surface area contributed by atoms with Crippen LogP contribution in [-0.4, -0.2) is 40.3 Å². The predicted octanol–water partition coefficient (Wildman–Crippen LogP) is 3.90. The summed E-state index contributed by atoms with van der Waals surface area (Å²) in [5, 5.41) is 2.83. The number of aromatic nitrogens is 1. The smallest absolute Gasteiger partial charge is 0.325 e. The van der Waals surface area contributed by atoms with Gasteiger partial charge in [-0.1, -0.05) is 30.3 Å². The van der Waals surface area contributed by atoms with E-state index in [1.807, 2.05) is 24.5 Å². The highest BCUT2D eigenvalue weighted by molar-refractivity contribution is 6.12. The Morgan fingerprint density at radius 3 is 2.63 bits per heavy atom. The summed E-state index contributed by atoms with van der Waals surface area (Å²) in [5.74, 6) is -0.449. The summed E-state index contributed by atoms with van der Waals surface area (Å²) in [6.45, 7) is 4.35. The number of nitrogens with zero attached hydrogens (tertiary/aromatic N) is 2. The van der Waals surface area contributed by atoms with Crippen LogP contribution in [0.5, 0.6) is 5.75 Å². The topological polar surface area (TPSA) is 80.6 Å². The van der Waals surface area contributed by atoms with Crippen LogP contribution in [0.1, 0.15) is 39.3 Å². The first-order chi connectivity index (χ1) is 16.8. The Kier molecular flexibility index (Phi) is 5.67. The molecule has 2 aliphatic heterocycles. The molecule has 3 amide bonds. The van der Waals surface area contributed by atoms with Crippen molar-refractivity contribution in [2.24, 2.45) is 0 Å². The fraction of sp³-hybridized carbons (Fsp3) is 0.296. The van der Waals surface area contributed by atoms with Gasteiger partial charge in [-0.25, -0.2) is 9.18 Å². The number of hydrogen-bond acceptors (Lipinski definition) is 4. The minimum atomic E-state index is -1.21. The fourth-order valence-corrected chi connectivity index (χ4v) is 5.06. The van der Waals surface area contributed by atoms with Gasteiger partial charge in [-0.2, -0.15) is 0 Å². The van der Waals surface area contributed by atoms with Crippen molar-refractivity contribution >= 4 is 17.7 Å². The average molecular weight is 476 g/mol. The lowest BCUT2D eigenvalue weighted by Crippen LogP contribution is -2.47. The van der Waals surface area contributed by atoms with E-state index < -0.39 is 17.5 Å². The molecule has 7 nitrogen and oxygen atoms in total. The van der Waals surface area contributed by atoms with Crippen LogP contribution in [0.3, 0.4) is 0 Å². The summed E-state index contributed by atoms with van der Waals surface area (Å²) in [5.41, 5.74) is 2.55. The van der Waals surface area contributed by atoms with Crippen LogP contribution in [0.4, 0.5) is 9.18 Å². The van der Waals surface area contributed by atoms with E-state index in [-0.39, 0.29) is 18.1 Å². The summed E-state index contributed by atoms with van der Waals surface area (Å²) in [6.07, 6.45) is 0.985. The minimum absolute atomic E-state index is 0.276. The number of para-hydroxylation sites is 1. The molecule has 0 radical (unpaired) electrons. The number of hydrogen-bond donors (Lipinski definition) is 1. The lowest BCUT2D eigenvalue weighted by atomic mass is 9.84. The van der Waals surface area contributed by atoms with Gasteiger partial charge in [0.1, 0.15) is 11.6 Å². The van der Waals surface area contributed by atoms with Crippen molar-refractivity contribution in [1.29, 1.82) is 0 Å². The van der Waals surface area contributed by atoms with Crippen molar-refractivity contribution < 1.29 is 23.5 Å². The zero-order chi connectivity index (χ0) is 24.7. The highest BCUT2D eigenvalue weighted by Gasteiger charge is 2.55. The van der Waals surface area contributed by atoms with Gasteiger partial charge in [0.15, 0.2) is 11.3 Å². The maximum Gasteiger partial charge on any atom is 0.325 e. The van der Waals surface area contributed by atoms with Gasteiger partial charge in [-0.15, -0.1) is 0 Å². The Morgan fingerprint density at radius 2 is 1.86 bits per heavy atom. The molecule has 0 bridgehead atoms. The number of halogens is 1. The summed E-state index contributed by atoms with van der Waals surface area (Å²) in [4.78, 5) is 40.6. The van der Waals surface area contributed by atoms with Crippen molar-refractivity contribution in [1.82, 2.24) is 14.8 Å². The van der Waals surface area contributed by atoms with E-state index in [1.54, 1.807) is 36.4 Å². The standard InChI is InChI=1S/C27H26FN3O4/c1-17-15-21(18(2)30(17)13-11-19-7-9-20(28)10-8-19)23(32)16-31-25(33)27(29-26(31)34)12-14-35-24-6-4-3-5-22(24)27/h3-10,15H,11-14,16H2,1-2H3,(H,29,34)/t27-/m1/s1. The number of urea groups is 1. The first-order valence-corrected chi connectivity index (χ1v) is 11.6. The number of aryl methyl sites for hydroxylation is 2. The molecule has 0 unspecified atom stereocenters. The zero-order valence-electron chi connectivity index (χ0n) is 19.6. The third-order valence-corrected chi connectivity index (χ3v) is 6.97. The van der Waals surface area contributed by atoms with Crippen molar-refractivity contribution in [3.8, 4) is 5.75 Å². The Bertz CT molecular complexity index is 1330. The molecule has 1 atom stereocenters. The van der Waals surface area contributed by atoms with Gasteiger partial charge >= 0.3 is 6.03 Å². The highest BCUT2D eigenvalue weighted by Crippen LogP contribution is 2.41. The number of nitrogens with one attached hydrogen (secondary N) is 1. The quantitative estimate of drug-likeness (QED) is 0.433. The molecule has 8 heteroatoms. The van der Waals surface area contributed by atoms with Crippen molar-refractivity contribution in [2.75, 3.05) is 13.2 Å². The highest BCUT2D eigenvalue weighted by atomic mass is 19.1. The van der Waals surface area contributed by atoms with Crippen LogP contribution in [0, 0.1) is 19.7 Å². The van der Waals surface area contributed by atoms with Crippen LogP contribution >= 0.6 is 0 Å². The number of Topliss-reactive ketones (excluding diaryl/α,β-unsaturated/α-hetero) is 1. The van der Waals surface area contributed by atoms with Gasteiger partial charge in [0.05, 0.1) is 13.2 Å². The molecule has 3 aromatic rings. The van der Waals surface area contributed by atoms with E-state index in [1.165, 1.54) is 12.1 Å². The molecule has 1 aromatic heterocycles. The molecule has 2 aliphatic rings. The van der Waals surface area contributed by atoms with Crippen molar-refractivity contribution in [3.05, 3.63) is 88.5 Å². The zero-order valence-corrected chi connectivity index (χ0v) is 19.6. The molecular weight excluding hydrogens is 449 g/mol. The Labute approximate surface area is 202 Å². The summed E-state index contributed by atoms with van der Waals surface area (Å²) < 4.78 is 20.9. The number of benzene rings is 2. The third kappa shape index (κ3) is 3.88. The van der Waals surface area contributed by atoms with Crippen molar-refractivity contribution in [3.63, 3.8) is 0 Å². The second kappa shape index (κ2) is 8.69. The lowest BCUT2D eigenvalue weighted by molar-refractivity contribution is -0.132. The molecule has 1 fully saturated rings. The SMILES string of the molecule is Cc1cc(C(=O)CN2C(=O)N[C@@]3(CCOc4ccccc43)C2=O)c(C)n1CCc1ccc(F)cc1. The Balaban J connectivity index is 1.34. The molecule has 35 heavy (non-hydrogen) atoms. The number of imide groups is 1. The van der Waals surface area contributed by atoms with Gasteiger partial charge in [-0.05, 0) is 50.1 Å². The molecule has 5 rings (SSSR count). The van der Waals surface area contributed by atoms with E-state index in [0.29, 0.717) is 42.9 Å². The number of amides is 3. The second-order valence-electron chi connectivity index (χ2n) is 9.06. The molecule has 1 spiro atoms. The maximum absolute atomic E-state index is 13.5. The van der Waals surface area contributed by atoms with Crippen molar-refractivity contribution in [2.45, 2.75) is 38.8 Å². The summed E-state index contributed by atoms with van der Waals surface area (Å²) in [7, 11) is 0. The minimum Gasteiger partial charge on any atom is -0.493 e. The molecule has 3 heterocycles. The van der Waals surface area contributed by atoms with Crippen LogP contribution in [-0.2, 0) is 23.3 Å². The summed E-state index contributed by atoms with van der Waals surface area (Å²) in [6, 6.07) is 14.7. The number of ketones is 1. The molecule has 2 aromatic carbocycles. The third-order valence-electron chi connectivity index (χ3n) is 6.97.